The van der Waals surface area contributed by atoms with Crippen molar-refractivity contribution in [2.75, 3.05) is 39.4 Å². The number of methoxy groups -OCH3 is 2. The number of halogens is 19. The van der Waals surface area contributed by atoms with E-state index in [1.54, 1.807) is 124 Å². The summed E-state index contributed by atoms with van der Waals surface area (Å²) in [6.07, 6.45) is 6.15. The molecule has 0 amide bonds. The van der Waals surface area contributed by atoms with Crippen LogP contribution < -0.4 is 28.5 Å². The zero-order chi connectivity index (χ0) is 103. The molecule has 760 valence electrons. The Labute approximate surface area is 884 Å². The Morgan fingerprint density at radius 2 is 0.928 bits per heavy atom. The molecule has 46 heteroatoms. The van der Waals surface area contributed by atoms with E-state index in [-0.39, 0.29) is 32.8 Å². The monoisotopic (exact) mass is 2690 g/mol. The van der Waals surface area contributed by atoms with Crippen LogP contribution in [0.4, 0.5) is 58.4 Å². The molecular formula is C93H104ClCuF12I6N16O10. The number of carbonyl (C=O) groups excluding carboxylic acids is 3. The number of anilines is 1. The maximum absolute atomic E-state index is 13.0. The molecular weight excluding hydrogens is 2590 g/mol. The Kier molecular flexibility index (Phi) is 63.9. The minimum absolute atomic E-state index is 0. The van der Waals surface area contributed by atoms with E-state index in [2.05, 4.69) is 165 Å². The summed E-state index contributed by atoms with van der Waals surface area (Å²) in [5.74, 6) is 7.92. The van der Waals surface area contributed by atoms with Crippen LogP contribution in [-0.2, 0) is 75.8 Å². The van der Waals surface area contributed by atoms with E-state index in [4.69, 9.17) is 54.0 Å². The molecule has 26 nitrogen and oxygen atoms in total. The number of pyridine rings is 6. The van der Waals surface area contributed by atoms with Crippen molar-refractivity contribution in [1.29, 1.82) is 0 Å². The smallest absolute Gasteiger partial charge is 0.0267 e. The van der Waals surface area contributed by atoms with E-state index in [9.17, 15) is 67.1 Å². The number of aldehydes is 1. The van der Waals surface area contributed by atoms with Crippen LogP contribution in [0, 0.1) is 17.9 Å². The van der Waals surface area contributed by atoms with Gasteiger partial charge in [0, 0.05) is 120 Å². The SMILES string of the molecule is C.CC(=O)OI(OC(C)=O)c1ccccc1.CCO.COC1CCC(N)CC1.COC1CCC(Nc2ccc3nnc(-c4cccc(C(F)(F)F)c4)n3c2)CC1.Clc1ccc(I)cn1.FC(F)(F)c1cccc(-c2nnc3ccc(I)cn23)c1.FC(F)(F)c1cccc(C=NCc2ccc(I)cn2)c1.NCc1ccc(I)cn1.NN.O=Cc1cccc(C(F)(F)F)c1.OCCO.[Cu][I].c1ccncc1. The third-order valence-electron chi connectivity index (χ3n) is 17.6. The van der Waals surface area contributed by atoms with Crippen molar-refractivity contribution in [3.05, 3.63) is 317 Å². The Hall–Kier alpha value is -7.99. The molecule has 0 bridgehead atoms. The molecule has 0 atom stereocenters. The zero-order valence-corrected chi connectivity index (χ0v) is 88.9. The van der Waals surface area contributed by atoms with Crippen molar-refractivity contribution in [3.8, 4) is 22.8 Å². The normalized spacial score (nSPS) is 14.0. The summed E-state index contributed by atoms with van der Waals surface area (Å²) in [4.78, 5) is 51.7. The molecule has 15 rings (SSSR count). The van der Waals surface area contributed by atoms with Gasteiger partial charge in [-0.2, -0.15) is 52.7 Å². The minimum atomic E-state index is -4.40. The first kappa shape index (κ1) is 127. The molecule has 2 saturated carbocycles. The van der Waals surface area contributed by atoms with Gasteiger partial charge in [0.25, 0.3) is 0 Å². The quantitative estimate of drug-likeness (QED) is 0.00690. The van der Waals surface area contributed by atoms with E-state index in [0.29, 0.717) is 88.5 Å². The van der Waals surface area contributed by atoms with Gasteiger partial charge in [0.05, 0.1) is 71.3 Å². The molecule has 0 aliphatic heterocycles. The number of aliphatic hydroxyl groups excluding tert-OH is 3. The second-order valence-electron chi connectivity index (χ2n) is 27.8. The number of aliphatic hydroxyl groups is 3. The molecule has 0 unspecified atom stereocenters. The number of hydrogen-bond acceptors (Lipinski definition) is 24. The van der Waals surface area contributed by atoms with Crippen LogP contribution in [-0.4, -0.2) is 147 Å². The molecule has 2 aliphatic rings. The minimum Gasteiger partial charge on any atom is -0.265 e. The summed E-state index contributed by atoms with van der Waals surface area (Å²) >= 11 is 17.4. The molecule has 8 aromatic heterocycles. The molecule has 12 N–H and O–H groups in total. The van der Waals surface area contributed by atoms with Crippen molar-refractivity contribution in [2.24, 2.45) is 28.1 Å². The van der Waals surface area contributed by atoms with Crippen LogP contribution >= 0.6 is 143 Å². The van der Waals surface area contributed by atoms with Gasteiger partial charge in [0.15, 0.2) is 22.9 Å². The van der Waals surface area contributed by atoms with Crippen LogP contribution in [0.5, 0.6) is 0 Å². The van der Waals surface area contributed by atoms with Crippen molar-refractivity contribution < 1.29 is 111 Å². The van der Waals surface area contributed by atoms with Gasteiger partial charge >= 0.3 is 154 Å². The molecule has 5 aromatic carbocycles. The first-order valence-electron chi connectivity index (χ1n) is 40.8. The van der Waals surface area contributed by atoms with Crippen LogP contribution in [0.3, 0.4) is 0 Å². The first-order valence-corrected chi connectivity index (χ1v) is 51.3. The van der Waals surface area contributed by atoms with Gasteiger partial charge in [-0.3, -0.25) is 45.2 Å². The number of nitrogens with zero attached hydrogens (tertiary/aromatic N) is 11. The van der Waals surface area contributed by atoms with Crippen molar-refractivity contribution in [2.45, 2.75) is 142 Å². The topological polar surface area (TPSA) is 389 Å². The van der Waals surface area contributed by atoms with Gasteiger partial charge < -0.3 is 41.6 Å². The predicted molar refractivity (Wildman–Crippen MR) is 560 cm³/mol. The summed E-state index contributed by atoms with van der Waals surface area (Å²) in [7, 11) is 3.52. The molecule has 13 aromatic rings. The van der Waals surface area contributed by atoms with E-state index in [1.807, 2.05) is 97.3 Å². The summed E-state index contributed by atoms with van der Waals surface area (Å²) < 4.78 is 180. The number of rotatable bonds is 15. The molecule has 2 aliphatic carbocycles. The fraction of sp³-hybridized carbons (Fsp3) is 0.290. The number of hydrogen-bond donors (Lipinski definition) is 8. The molecule has 8 heterocycles. The number of ether oxygens (including phenoxy) is 2. The maximum atomic E-state index is 13.0. The van der Waals surface area contributed by atoms with Gasteiger partial charge in [0.1, 0.15) is 11.4 Å². The third-order valence-corrected chi connectivity index (χ3v) is 24.1. The van der Waals surface area contributed by atoms with Crippen molar-refractivity contribution >= 4 is 184 Å². The molecule has 139 heavy (non-hydrogen) atoms. The summed E-state index contributed by atoms with van der Waals surface area (Å²) in [6.45, 7) is 5.15. The average molecular weight is 2690 g/mol. The fourth-order valence-electron chi connectivity index (χ4n) is 11.3. The standard InChI is InChI=1S/C20H21F3N4O.C14H10F3IN2.C13H7F3IN3.C10H11IO4.C8H5F3O.C7H15NO.C6H7IN2.C5H3ClIN.C5H5N.C2H6O2.C2H6O.CH4.Cu.HI.H4N2/c1-28-17-8-5-15(6-9-17)24-16-7-10-18-25-26-19(27(18)12-16)13-3-2-4-14(11-13)20(21,22)23;15-14(16,17)11-3-1-2-10(6-11)7-19-9-13-5-4-12(18)8-20-13;14-13(15,16)9-3-1-2-8(6-9)12-19-18-11-5-4-10(17)7-20(11)12;1-8(12)14-11(15-9(2)13)10-6-4-3-5-7-10;9-8(10,11)7-3-1-2-6(4-7)5-12;1-9-7-4-2-6(8)3-5-7;7-5-1-2-6(3-8)9-4-5;6-5-2-1-4(7)3-8-5;1-2-4-6-5-3-1;3-1-2-4;1-2-3;;;;1-2/h2-4,7,10-12,15,17,24H,5-6,8-9H2,1H3;1-8H,9H2;1-7H;3-7H,1-2H3;1-5H;6-7H,2-5,8H2,1H3;1-2,4H,3,8H2;1-3H;1-5H;3-4H,1-2H2;3H,2H2,1H3;1H4;;1H;1-2H2/q;;;;;;;;;;;;+1;;/p-1. The number of carbonyl (C=O) groups is 3. The largest absolute Gasteiger partial charge is 0.265 e. The second kappa shape index (κ2) is 69.8. The second-order valence-corrected chi connectivity index (χ2v) is 36.5. The molecule has 0 saturated heterocycles. The van der Waals surface area contributed by atoms with Gasteiger partial charge in [-0.1, -0.05) is 73.6 Å². The number of aliphatic imine (C=N–C) groups is 1. The Morgan fingerprint density at radius 3 is 1.32 bits per heavy atom. The fourth-order valence-corrected chi connectivity index (χ4v) is 15.5. The number of nitrogens with two attached hydrogens (primary N) is 4. The van der Waals surface area contributed by atoms with Crippen LogP contribution in [0.25, 0.3) is 34.1 Å². The number of hydrazine groups is 1. The van der Waals surface area contributed by atoms with Crippen molar-refractivity contribution in [3.63, 3.8) is 0 Å². The van der Waals surface area contributed by atoms with E-state index >= 15 is 0 Å². The maximum Gasteiger partial charge on any atom is 0.0267 e. The van der Waals surface area contributed by atoms with E-state index < -0.39 is 79.5 Å². The number of aromatic nitrogens is 10. The summed E-state index contributed by atoms with van der Waals surface area (Å²) in [6, 6.07) is 53.8. The number of fused-ring (bicyclic) bond motifs is 2. The van der Waals surface area contributed by atoms with Crippen molar-refractivity contribution in [1.82, 2.24) is 49.1 Å². The third kappa shape index (κ3) is 51.7. The van der Waals surface area contributed by atoms with Gasteiger partial charge in [-0.15, -0.1) is 20.4 Å². The van der Waals surface area contributed by atoms with Crippen LogP contribution in [0.15, 0.2) is 255 Å². The van der Waals surface area contributed by atoms with Gasteiger partial charge in [-0.05, 0) is 276 Å². The average Bonchev–Trinajstić information content (AvgIpc) is 1.67. The van der Waals surface area contributed by atoms with E-state index in [0.717, 1.165) is 135 Å². The number of benzene rings is 5. The summed E-state index contributed by atoms with van der Waals surface area (Å²) in [5.41, 5.74) is 13.2. The first-order chi connectivity index (χ1) is 65.7. The Bertz CT molecular complexity index is 5560. The van der Waals surface area contributed by atoms with Crippen LogP contribution in [0.2, 0.25) is 5.15 Å². The Morgan fingerprint density at radius 1 is 0.525 bits per heavy atom. The van der Waals surface area contributed by atoms with Gasteiger partial charge in [0.2, 0.25) is 0 Å². The zero-order valence-electron chi connectivity index (χ0n) is 74.2. The summed E-state index contributed by atoms with van der Waals surface area (Å²) in [5, 5.41) is 43.0. The Balaban J connectivity index is 0.000000538. The number of nitrogens with one attached hydrogen (secondary N) is 1. The molecule has 2 fully saturated rings. The predicted octanol–water partition coefficient (Wildman–Crippen LogP) is 22.7. The van der Waals surface area contributed by atoms with Gasteiger partial charge in [-0.25, -0.2) is 4.98 Å². The van der Waals surface area contributed by atoms with Crippen LogP contribution in [0.1, 0.15) is 129 Å². The molecule has 0 radical (unpaired) electrons. The van der Waals surface area contributed by atoms with E-state index in [1.165, 1.54) is 50.4 Å². The molecule has 0 spiro atoms. The number of alkyl halides is 12.